The third-order valence-corrected chi connectivity index (χ3v) is 3.62. The molecule has 0 heterocycles. The van der Waals surface area contributed by atoms with Crippen LogP contribution in [0.3, 0.4) is 0 Å². The number of rotatable bonds is 6. The Morgan fingerprint density at radius 2 is 2.24 bits per heavy atom. The molecule has 17 heavy (non-hydrogen) atoms. The number of hydrogen-bond acceptors (Lipinski definition) is 3. The third-order valence-electron chi connectivity index (χ3n) is 3.62. The molecular formula is C14H25NO2. The van der Waals surface area contributed by atoms with E-state index in [0.717, 1.165) is 13.0 Å². The van der Waals surface area contributed by atoms with Crippen LogP contribution in [0.2, 0.25) is 0 Å². The van der Waals surface area contributed by atoms with Gasteiger partial charge in [0.2, 0.25) is 0 Å². The molecule has 1 aliphatic rings. The lowest BCUT2D eigenvalue weighted by Gasteiger charge is -2.20. The second-order valence-corrected chi connectivity index (χ2v) is 4.91. The van der Waals surface area contributed by atoms with E-state index in [4.69, 9.17) is 4.74 Å². The average molecular weight is 239 g/mol. The number of carbonyl (C=O) groups excluding carboxylic acids is 1. The Morgan fingerprint density at radius 3 is 2.82 bits per heavy atom. The molecule has 0 aromatic rings. The quantitative estimate of drug-likeness (QED) is 0.572. The maximum absolute atomic E-state index is 11.3. The van der Waals surface area contributed by atoms with Gasteiger partial charge in [0.1, 0.15) is 0 Å². The average Bonchev–Trinajstić information content (AvgIpc) is 2.38. The number of hydrogen-bond donors (Lipinski definition) is 1. The zero-order valence-corrected chi connectivity index (χ0v) is 11.3. The summed E-state index contributed by atoms with van der Waals surface area (Å²) in [7, 11) is 1.44. The lowest BCUT2D eigenvalue weighted by molar-refractivity contribution is -0.145. The highest BCUT2D eigenvalue weighted by atomic mass is 16.5. The van der Waals surface area contributed by atoms with Gasteiger partial charge in [-0.1, -0.05) is 18.6 Å². The van der Waals surface area contributed by atoms with E-state index in [2.05, 4.69) is 11.4 Å². The standard InChI is InChI=1S/C14H25NO2/c1-11(14(16)17-3)12(2)15-10-9-13-7-5-4-6-8-13/h7,11-12,15H,4-6,8-10H2,1-3H3. The Hall–Kier alpha value is -0.830. The van der Waals surface area contributed by atoms with Gasteiger partial charge in [-0.15, -0.1) is 0 Å². The smallest absolute Gasteiger partial charge is 0.309 e. The van der Waals surface area contributed by atoms with Gasteiger partial charge in [0.15, 0.2) is 0 Å². The van der Waals surface area contributed by atoms with Crippen molar-refractivity contribution in [2.24, 2.45) is 5.92 Å². The Kier molecular flexibility index (Phi) is 6.27. The minimum atomic E-state index is -0.137. The molecule has 1 N–H and O–H groups in total. The molecule has 0 saturated heterocycles. The van der Waals surface area contributed by atoms with Crippen LogP contribution in [0.5, 0.6) is 0 Å². The van der Waals surface area contributed by atoms with E-state index < -0.39 is 0 Å². The van der Waals surface area contributed by atoms with Gasteiger partial charge in [0.05, 0.1) is 13.0 Å². The predicted molar refractivity (Wildman–Crippen MR) is 69.8 cm³/mol. The van der Waals surface area contributed by atoms with E-state index in [1.54, 1.807) is 5.57 Å². The fourth-order valence-electron chi connectivity index (χ4n) is 2.16. The summed E-state index contributed by atoms with van der Waals surface area (Å²) in [6.45, 7) is 4.90. The van der Waals surface area contributed by atoms with Gasteiger partial charge in [-0.05, 0) is 45.6 Å². The van der Waals surface area contributed by atoms with Crippen LogP contribution in [-0.2, 0) is 9.53 Å². The summed E-state index contributed by atoms with van der Waals surface area (Å²) in [5, 5.41) is 3.40. The summed E-state index contributed by atoms with van der Waals surface area (Å²) in [6, 6.07) is 0.173. The molecule has 0 aromatic carbocycles. The first-order valence-electron chi connectivity index (χ1n) is 6.64. The molecule has 2 unspecified atom stereocenters. The molecule has 3 heteroatoms. The number of carbonyl (C=O) groups is 1. The largest absolute Gasteiger partial charge is 0.469 e. The first-order chi connectivity index (χ1) is 8.15. The van der Waals surface area contributed by atoms with Crippen LogP contribution in [0.15, 0.2) is 11.6 Å². The number of methoxy groups -OCH3 is 1. The first kappa shape index (κ1) is 14.2. The van der Waals surface area contributed by atoms with Gasteiger partial charge < -0.3 is 10.1 Å². The van der Waals surface area contributed by atoms with Crippen molar-refractivity contribution < 1.29 is 9.53 Å². The van der Waals surface area contributed by atoms with Gasteiger partial charge in [0.25, 0.3) is 0 Å². The van der Waals surface area contributed by atoms with E-state index in [-0.39, 0.29) is 17.9 Å². The lowest BCUT2D eigenvalue weighted by Crippen LogP contribution is -2.37. The predicted octanol–water partition coefficient (Wildman–Crippen LogP) is 2.66. The van der Waals surface area contributed by atoms with Crippen LogP contribution in [0.25, 0.3) is 0 Å². The molecule has 1 aliphatic carbocycles. The number of esters is 1. The fourth-order valence-corrected chi connectivity index (χ4v) is 2.16. The number of ether oxygens (including phenoxy) is 1. The maximum Gasteiger partial charge on any atom is 0.309 e. The summed E-state index contributed by atoms with van der Waals surface area (Å²) in [4.78, 5) is 11.3. The summed E-state index contributed by atoms with van der Waals surface area (Å²) < 4.78 is 4.74. The lowest BCUT2D eigenvalue weighted by atomic mass is 9.97. The van der Waals surface area contributed by atoms with Gasteiger partial charge in [0, 0.05) is 6.04 Å². The zero-order chi connectivity index (χ0) is 12.7. The molecule has 0 aliphatic heterocycles. The molecular weight excluding hydrogens is 214 g/mol. The second kappa shape index (κ2) is 7.49. The normalized spacial score (nSPS) is 19.4. The Labute approximate surface area is 105 Å². The van der Waals surface area contributed by atoms with Crippen LogP contribution in [0, 0.1) is 5.92 Å². The Balaban J connectivity index is 2.21. The van der Waals surface area contributed by atoms with Crippen molar-refractivity contribution in [1.82, 2.24) is 5.32 Å². The van der Waals surface area contributed by atoms with Gasteiger partial charge >= 0.3 is 5.97 Å². The molecule has 0 aromatic heterocycles. The van der Waals surface area contributed by atoms with E-state index in [0.29, 0.717) is 0 Å². The molecule has 0 radical (unpaired) electrons. The molecule has 0 saturated carbocycles. The van der Waals surface area contributed by atoms with Gasteiger partial charge in [-0.25, -0.2) is 0 Å². The van der Waals surface area contributed by atoms with Crippen molar-refractivity contribution in [2.45, 2.75) is 52.0 Å². The van der Waals surface area contributed by atoms with Crippen LogP contribution in [0.1, 0.15) is 46.0 Å². The van der Waals surface area contributed by atoms with Crippen molar-refractivity contribution in [3.8, 4) is 0 Å². The maximum atomic E-state index is 11.3. The number of allylic oxidation sites excluding steroid dienone is 1. The van der Waals surface area contributed by atoms with Gasteiger partial charge in [-0.3, -0.25) is 4.79 Å². The van der Waals surface area contributed by atoms with Crippen LogP contribution < -0.4 is 5.32 Å². The van der Waals surface area contributed by atoms with E-state index >= 15 is 0 Å². The molecule has 3 nitrogen and oxygen atoms in total. The summed E-state index contributed by atoms with van der Waals surface area (Å²) in [5.74, 6) is -0.220. The third kappa shape index (κ3) is 4.90. The highest BCUT2D eigenvalue weighted by Crippen LogP contribution is 2.19. The second-order valence-electron chi connectivity index (χ2n) is 4.91. The van der Waals surface area contributed by atoms with E-state index in [1.165, 1.54) is 32.8 Å². The van der Waals surface area contributed by atoms with Gasteiger partial charge in [-0.2, -0.15) is 0 Å². The Morgan fingerprint density at radius 1 is 1.47 bits per heavy atom. The highest BCUT2D eigenvalue weighted by Gasteiger charge is 2.20. The minimum absolute atomic E-state index is 0.0830. The zero-order valence-electron chi connectivity index (χ0n) is 11.3. The fraction of sp³-hybridized carbons (Fsp3) is 0.786. The van der Waals surface area contributed by atoms with Crippen molar-refractivity contribution in [1.29, 1.82) is 0 Å². The SMILES string of the molecule is COC(=O)C(C)C(C)NCCC1=CCCCC1. The van der Waals surface area contributed by atoms with Crippen molar-refractivity contribution in [3.05, 3.63) is 11.6 Å². The number of nitrogens with one attached hydrogen (secondary N) is 1. The summed E-state index contributed by atoms with van der Waals surface area (Å²) in [5.41, 5.74) is 1.57. The van der Waals surface area contributed by atoms with Crippen molar-refractivity contribution >= 4 is 5.97 Å². The van der Waals surface area contributed by atoms with E-state index in [1.807, 2.05) is 13.8 Å². The highest BCUT2D eigenvalue weighted by molar-refractivity contribution is 5.72. The molecule has 2 atom stereocenters. The van der Waals surface area contributed by atoms with Crippen molar-refractivity contribution in [3.63, 3.8) is 0 Å². The molecule has 0 fully saturated rings. The molecule has 0 amide bonds. The van der Waals surface area contributed by atoms with Crippen LogP contribution in [0.4, 0.5) is 0 Å². The van der Waals surface area contributed by atoms with Crippen molar-refractivity contribution in [2.75, 3.05) is 13.7 Å². The molecule has 0 spiro atoms. The molecule has 1 rings (SSSR count). The topological polar surface area (TPSA) is 38.3 Å². The van der Waals surface area contributed by atoms with Crippen LogP contribution in [-0.4, -0.2) is 25.7 Å². The summed E-state index contributed by atoms with van der Waals surface area (Å²) in [6.07, 6.45) is 8.65. The summed E-state index contributed by atoms with van der Waals surface area (Å²) >= 11 is 0. The first-order valence-corrected chi connectivity index (χ1v) is 6.64. The van der Waals surface area contributed by atoms with Crippen LogP contribution >= 0.6 is 0 Å². The molecule has 0 bridgehead atoms. The monoisotopic (exact) mass is 239 g/mol. The van der Waals surface area contributed by atoms with E-state index in [9.17, 15) is 4.79 Å². The Bertz CT molecular complexity index is 273. The molecule has 98 valence electrons. The minimum Gasteiger partial charge on any atom is -0.469 e.